The van der Waals surface area contributed by atoms with Crippen LogP contribution in [-0.4, -0.2) is 4.08 Å². The van der Waals surface area contributed by atoms with Gasteiger partial charge in [-0.3, -0.25) is 0 Å². The van der Waals surface area contributed by atoms with E-state index in [0.29, 0.717) is 0 Å². The molecule has 0 saturated heterocycles. The van der Waals surface area contributed by atoms with Crippen molar-refractivity contribution < 1.29 is 18.9 Å². The first-order chi connectivity index (χ1) is 8.16. The maximum absolute atomic E-state index is 3.26. The Hall–Kier alpha value is -0.263. The average molecular weight is 266 g/mol. The van der Waals surface area contributed by atoms with E-state index in [-0.39, 0.29) is 22.9 Å². The SMILES string of the molecule is CC(C)(Sc1[c-]cccc1)Sc1ccccc1.[Li+]. The zero-order valence-corrected chi connectivity index (χ0v) is 12.6. The Kier molecular flexibility index (Phi) is 6.46. The average Bonchev–Trinajstić information content (AvgIpc) is 2.30. The number of hydrogen-bond donors (Lipinski definition) is 0. The van der Waals surface area contributed by atoms with Gasteiger partial charge in [-0.1, -0.05) is 18.2 Å². The van der Waals surface area contributed by atoms with Crippen LogP contribution in [0.25, 0.3) is 0 Å². The van der Waals surface area contributed by atoms with Crippen molar-refractivity contribution in [3.05, 3.63) is 60.7 Å². The Balaban J connectivity index is 0.00000162. The molecule has 0 aromatic heterocycles. The Morgan fingerprint density at radius 1 is 0.889 bits per heavy atom. The van der Waals surface area contributed by atoms with Gasteiger partial charge in [0.05, 0.1) is 4.08 Å². The van der Waals surface area contributed by atoms with Gasteiger partial charge in [0.1, 0.15) is 0 Å². The van der Waals surface area contributed by atoms with E-state index in [1.165, 1.54) is 9.79 Å². The van der Waals surface area contributed by atoms with Gasteiger partial charge in [-0.2, -0.15) is 30.3 Å². The molecule has 0 aliphatic rings. The Morgan fingerprint density at radius 3 is 2.17 bits per heavy atom. The molecule has 0 spiro atoms. The second kappa shape index (κ2) is 7.36. The third kappa shape index (κ3) is 5.16. The molecule has 0 amide bonds. The second-order valence-corrected chi connectivity index (χ2v) is 7.76. The van der Waals surface area contributed by atoms with Crippen molar-refractivity contribution in [2.75, 3.05) is 0 Å². The van der Waals surface area contributed by atoms with Crippen molar-refractivity contribution in [3.63, 3.8) is 0 Å². The molecule has 3 heteroatoms. The van der Waals surface area contributed by atoms with Gasteiger partial charge in [0.2, 0.25) is 0 Å². The van der Waals surface area contributed by atoms with Crippen LogP contribution in [-0.2, 0) is 0 Å². The van der Waals surface area contributed by atoms with E-state index in [9.17, 15) is 0 Å². The number of hydrogen-bond acceptors (Lipinski definition) is 2. The molecule has 2 aromatic rings. The molecule has 0 saturated carbocycles. The Labute approximate surface area is 130 Å². The standard InChI is InChI=1S/C15H15S2.Li/c1-15(2,16-13-9-5-3-6-10-13)17-14-11-7-4-8-12-14;/h3-11H,1-2H3;/q-1;+1. The Bertz CT molecular complexity index is 411. The Morgan fingerprint density at radius 2 is 1.56 bits per heavy atom. The van der Waals surface area contributed by atoms with E-state index in [1.807, 2.05) is 35.7 Å². The molecule has 88 valence electrons. The van der Waals surface area contributed by atoms with Crippen molar-refractivity contribution in [2.24, 2.45) is 0 Å². The molecular formula is C15H15LiS2. The van der Waals surface area contributed by atoms with Crippen LogP contribution in [0.5, 0.6) is 0 Å². The maximum Gasteiger partial charge on any atom is 1.00 e. The van der Waals surface area contributed by atoms with Crippen LogP contribution in [0.15, 0.2) is 64.4 Å². The van der Waals surface area contributed by atoms with Crippen LogP contribution in [0.2, 0.25) is 0 Å². The van der Waals surface area contributed by atoms with Gasteiger partial charge in [-0.25, -0.2) is 0 Å². The molecule has 0 atom stereocenters. The zero-order chi connectivity index (χ0) is 12.1. The summed E-state index contributed by atoms with van der Waals surface area (Å²) < 4.78 is 0.110. The number of rotatable bonds is 4. The first-order valence-electron chi connectivity index (χ1n) is 5.55. The molecule has 2 aromatic carbocycles. The fraction of sp³-hybridized carbons (Fsp3) is 0.200. The molecule has 18 heavy (non-hydrogen) atoms. The molecule has 0 N–H and O–H groups in total. The van der Waals surface area contributed by atoms with Crippen molar-refractivity contribution in [1.82, 2.24) is 0 Å². The summed E-state index contributed by atoms with van der Waals surface area (Å²) in [4.78, 5) is 2.50. The summed E-state index contributed by atoms with van der Waals surface area (Å²) in [6.07, 6.45) is 0. The van der Waals surface area contributed by atoms with Gasteiger partial charge in [0.15, 0.2) is 0 Å². The fourth-order valence-corrected chi connectivity index (χ4v) is 3.89. The van der Waals surface area contributed by atoms with Crippen molar-refractivity contribution in [3.8, 4) is 0 Å². The van der Waals surface area contributed by atoms with Gasteiger partial charge >= 0.3 is 18.9 Å². The largest absolute Gasteiger partial charge is 1.00 e. The smallest absolute Gasteiger partial charge is 0.176 e. The van der Waals surface area contributed by atoms with Gasteiger partial charge in [0, 0.05) is 4.90 Å². The molecular weight excluding hydrogens is 251 g/mol. The number of thioether (sulfide) groups is 2. The van der Waals surface area contributed by atoms with E-state index < -0.39 is 0 Å². The summed E-state index contributed by atoms with van der Waals surface area (Å²) in [5.41, 5.74) is 0. The van der Waals surface area contributed by atoms with Gasteiger partial charge < -0.3 is 0 Å². The van der Waals surface area contributed by atoms with E-state index in [4.69, 9.17) is 0 Å². The topological polar surface area (TPSA) is 0 Å². The summed E-state index contributed by atoms with van der Waals surface area (Å²) in [7, 11) is 0. The summed E-state index contributed by atoms with van der Waals surface area (Å²) in [6, 6.07) is 21.9. The van der Waals surface area contributed by atoms with E-state index >= 15 is 0 Å². The zero-order valence-electron chi connectivity index (χ0n) is 11.0. The van der Waals surface area contributed by atoms with Crippen LogP contribution in [0.4, 0.5) is 0 Å². The minimum absolute atomic E-state index is 0. The van der Waals surface area contributed by atoms with Gasteiger partial charge in [0.25, 0.3) is 0 Å². The fourth-order valence-electron chi connectivity index (χ4n) is 1.50. The minimum Gasteiger partial charge on any atom is -0.176 e. The monoisotopic (exact) mass is 266 g/mol. The molecule has 0 unspecified atom stereocenters. The van der Waals surface area contributed by atoms with Crippen LogP contribution < -0.4 is 18.9 Å². The molecule has 0 bridgehead atoms. The normalized spacial score (nSPS) is 10.8. The van der Waals surface area contributed by atoms with E-state index in [1.54, 1.807) is 0 Å². The van der Waals surface area contributed by atoms with Gasteiger partial charge in [-0.15, -0.1) is 28.4 Å². The maximum atomic E-state index is 3.26. The predicted molar refractivity (Wildman–Crippen MR) is 77.5 cm³/mol. The first-order valence-corrected chi connectivity index (χ1v) is 7.19. The quantitative estimate of drug-likeness (QED) is 0.360. The summed E-state index contributed by atoms with van der Waals surface area (Å²) in [5, 5.41) is 0. The molecule has 0 radical (unpaired) electrons. The third-order valence-electron chi connectivity index (χ3n) is 2.14. The molecule has 0 aliphatic carbocycles. The number of benzene rings is 2. The summed E-state index contributed by atoms with van der Waals surface area (Å²) >= 11 is 3.73. The minimum atomic E-state index is 0. The molecule has 0 nitrogen and oxygen atoms in total. The van der Waals surface area contributed by atoms with Crippen molar-refractivity contribution in [1.29, 1.82) is 0 Å². The summed E-state index contributed by atoms with van der Waals surface area (Å²) in [5.74, 6) is 0. The molecule has 0 fully saturated rings. The summed E-state index contributed by atoms with van der Waals surface area (Å²) in [6.45, 7) is 4.49. The van der Waals surface area contributed by atoms with Crippen LogP contribution in [0.3, 0.4) is 0 Å². The van der Waals surface area contributed by atoms with Gasteiger partial charge in [-0.05, 0) is 26.0 Å². The third-order valence-corrected chi connectivity index (χ3v) is 4.61. The molecule has 2 rings (SSSR count). The molecule has 0 aliphatic heterocycles. The predicted octanol–water partition coefficient (Wildman–Crippen LogP) is 2.11. The van der Waals surface area contributed by atoms with Crippen LogP contribution in [0.1, 0.15) is 13.8 Å². The second-order valence-electron chi connectivity index (χ2n) is 4.14. The van der Waals surface area contributed by atoms with E-state index in [2.05, 4.69) is 62.4 Å². The first kappa shape index (κ1) is 15.8. The van der Waals surface area contributed by atoms with Crippen LogP contribution >= 0.6 is 23.5 Å². The van der Waals surface area contributed by atoms with Crippen molar-refractivity contribution >= 4 is 23.5 Å². The molecule has 0 heterocycles. The van der Waals surface area contributed by atoms with E-state index in [0.717, 1.165) is 0 Å². The van der Waals surface area contributed by atoms with Crippen molar-refractivity contribution in [2.45, 2.75) is 27.7 Å². The van der Waals surface area contributed by atoms with Crippen LogP contribution in [0, 0.1) is 6.07 Å².